The minimum Gasteiger partial charge on any atom is -0.479 e. The number of imide groups is 1. The summed E-state index contributed by atoms with van der Waals surface area (Å²) in [6.45, 7) is 1.36. The number of hydrogen-bond acceptors (Lipinski definition) is 6. The summed E-state index contributed by atoms with van der Waals surface area (Å²) in [6, 6.07) is 2.94. The van der Waals surface area contributed by atoms with E-state index in [0.717, 1.165) is 17.7 Å². The van der Waals surface area contributed by atoms with E-state index >= 15 is 0 Å². The Kier molecular flexibility index (Phi) is 4.30. The summed E-state index contributed by atoms with van der Waals surface area (Å²) in [7, 11) is 0. The van der Waals surface area contributed by atoms with E-state index < -0.39 is 12.1 Å². The van der Waals surface area contributed by atoms with Gasteiger partial charge in [-0.25, -0.2) is 9.69 Å². The van der Waals surface area contributed by atoms with Crippen molar-refractivity contribution < 1.29 is 28.8 Å². The largest absolute Gasteiger partial charge is 0.479 e. The van der Waals surface area contributed by atoms with Gasteiger partial charge in [0.25, 0.3) is 5.88 Å². The molecule has 1 saturated heterocycles. The van der Waals surface area contributed by atoms with E-state index in [1.165, 1.54) is 19.1 Å². The van der Waals surface area contributed by atoms with Crippen LogP contribution in [0.4, 0.5) is 5.69 Å². The summed E-state index contributed by atoms with van der Waals surface area (Å²) in [5.74, 6) is -2.29. The Balaban J connectivity index is 1.75. The number of amides is 2. The predicted octanol–water partition coefficient (Wildman–Crippen LogP) is 3.01. The Bertz CT molecular complexity index is 931. The molecule has 27 heavy (non-hydrogen) atoms. The molecule has 1 aliphatic carbocycles. The molecule has 8 nitrogen and oxygen atoms in total. The Morgan fingerprint density at radius 2 is 1.93 bits per heavy atom. The summed E-state index contributed by atoms with van der Waals surface area (Å²) >= 11 is 6.31. The molecule has 0 bridgehead atoms. The van der Waals surface area contributed by atoms with Crippen LogP contribution in [0.5, 0.6) is 5.88 Å². The highest BCUT2D eigenvalue weighted by Crippen LogP contribution is 2.43. The monoisotopic (exact) mass is 392 g/mol. The number of rotatable bonds is 4. The molecule has 3 unspecified atom stereocenters. The first-order chi connectivity index (χ1) is 12.9. The minimum absolute atomic E-state index is 0.0330. The molecule has 3 atom stereocenters. The average molecular weight is 393 g/mol. The van der Waals surface area contributed by atoms with E-state index in [4.69, 9.17) is 26.0 Å². The fourth-order valence-electron chi connectivity index (χ4n) is 3.80. The van der Waals surface area contributed by atoms with Crippen molar-refractivity contribution in [2.75, 3.05) is 4.90 Å². The SMILES string of the molecule is CC(Oc1noc2cc(Cl)c(N3C(=O)C4CCCCC4C3=O)cc12)C(=O)O. The molecule has 1 aromatic carbocycles. The van der Waals surface area contributed by atoms with Crippen molar-refractivity contribution in [3.63, 3.8) is 0 Å². The van der Waals surface area contributed by atoms with E-state index in [-0.39, 0.29) is 45.8 Å². The highest BCUT2D eigenvalue weighted by Gasteiger charge is 2.49. The Morgan fingerprint density at radius 3 is 2.52 bits per heavy atom. The molecule has 1 aliphatic heterocycles. The standard InChI is InChI=1S/C18H17ClN2O6/c1-8(18(24)25)26-15-11-6-13(12(19)7-14(11)27-20-15)21-16(22)9-4-2-3-5-10(9)17(21)23/h6-10H,2-5H2,1H3,(H,24,25). The first-order valence-electron chi connectivity index (χ1n) is 8.74. The second-order valence-corrected chi connectivity index (χ2v) is 7.30. The summed E-state index contributed by atoms with van der Waals surface area (Å²) in [5, 5.41) is 13.3. The molecule has 4 rings (SSSR count). The van der Waals surface area contributed by atoms with Gasteiger partial charge in [0.2, 0.25) is 11.8 Å². The minimum atomic E-state index is -1.16. The van der Waals surface area contributed by atoms with Crippen LogP contribution in [0.1, 0.15) is 32.6 Å². The van der Waals surface area contributed by atoms with Crippen LogP contribution in [-0.2, 0) is 14.4 Å². The molecular weight excluding hydrogens is 376 g/mol. The number of nitrogens with zero attached hydrogens (tertiary/aromatic N) is 2. The molecule has 2 amide bonds. The Morgan fingerprint density at radius 1 is 1.30 bits per heavy atom. The smallest absolute Gasteiger partial charge is 0.344 e. The van der Waals surface area contributed by atoms with Crippen LogP contribution in [0.3, 0.4) is 0 Å². The number of carboxylic acids is 1. The summed E-state index contributed by atoms with van der Waals surface area (Å²) < 4.78 is 10.4. The molecule has 0 spiro atoms. The zero-order chi connectivity index (χ0) is 19.3. The number of anilines is 1. The number of ether oxygens (including phenoxy) is 1. The van der Waals surface area contributed by atoms with Crippen molar-refractivity contribution in [3.8, 4) is 5.88 Å². The number of benzene rings is 1. The number of fused-ring (bicyclic) bond motifs is 2. The van der Waals surface area contributed by atoms with Crippen molar-refractivity contribution in [1.82, 2.24) is 5.16 Å². The molecule has 1 saturated carbocycles. The summed E-state index contributed by atoms with van der Waals surface area (Å²) in [4.78, 5) is 37.8. The maximum absolute atomic E-state index is 12.8. The molecule has 0 radical (unpaired) electrons. The van der Waals surface area contributed by atoms with Crippen molar-refractivity contribution >= 4 is 46.0 Å². The number of aliphatic carboxylic acids is 1. The summed E-state index contributed by atoms with van der Waals surface area (Å²) in [6.07, 6.45) is 2.11. The van der Waals surface area contributed by atoms with Crippen LogP contribution < -0.4 is 9.64 Å². The zero-order valence-electron chi connectivity index (χ0n) is 14.5. The topological polar surface area (TPSA) is 110 Å². The van der Waals surface area contributed by atoms with Gasteiger partial charge in [0.05, 0.1) is 27.9 Å². The van der Waals surface area contributed by atoms with Gasteiger partial charge in [-0.15, -0.1) is 0 Å². The number of halogens is 1. The highest BCUT2D eigenvalue weighted by atomic mass is 35.5. The van der Waals surface area contributed by atoms with E-state index in [0.29, 0.717) is 18.2 Å². The van der Waals surface area contributed by atoms with Crippen LogP contribution in [0.15, 0.2) is 16.7 Å². The zero-order valence-corrected chi connectivity index (χ0v) is 15.2. The van der Waals surface area contributed by atoms with Gasteiger partial charge in [-0.2, -0.15) is 0 Å². The quantitative estimate of drug-likeness (QED) is 0.796. The Hall–Kier alpha value is -2.61. The van der Waals surface area contributed by atoms with Crippen molar-refractivity contribution in [2.45, 2.75) is 38.7 Å². The van der Waals surface area contributed by atoms with E-state index in [2.05, 4.69) is 5.16 Å². The van der Waals surface area contributed by atoms with Gasteiger partial charge < -0.3 is 14.4 Å². The fraction of sp³-hybridized carbons (Fsp3) is 0.444. The fourth-order valence-corrected chi connectivity index (χ4v) is 4.04. The first kappa shape index (κ1) is 17.8. The van der Waals surface area contributed by atoms with Gasteiger partial charge in [-0.3, -0.25) is 9.59 Å². The molecule has 142 valence electrons. The van der Waals surface area contributed by atoms with Crippen LogP contribution in [0, 0.1) is 11.8 Å². The molecule has 2 fully saturated rings. The van der Waals surface area contributed by atoms with Crippen LogP contribution >= 0.6 is 11.6 Å². The maximum Gasteiger partial charge on any atom is 0.344 e. The number of carboxylic acid groups (broad SMARTS) is 1. The number of carbonyl (C=O) groups is 3. The lowest BCUT2D eigenvalue weighted by Gasteiger charge is -2.19. The maximum atomic E-state index is 12.8. The molecule has 9 heteroatoms. The van der Waals surface area contributed by atoms with Gasteiger partial charge in [0, 0.05) is 6.07 Å². The summed E-state index contributed by atoms with van der Waals surface area (Å²) in [5.41, 5.74) is 0.512. The van der Waals surface area contributed by atoms with Gasteiger partial charge in [-0.05, 0) is 31.0 Å². The van der Waals surface area contributed by atoms with E-state index in [1.54, 1.807) is 0 Å². The third kappa shape index (κ3) is 2.84. The van der Waals surface area contributed by atoms with Gasteiger partial charge in [-0.1, -0.05) is 24.4 Å². The highest BCUT2D eigenvalue weighted by molar-refractivity contribution is 6.37. The van der Waals surface area contributed by atoms with Crippen LogP contribution in [0.2, 0.25) is 5.02 Å². The van der Waals surface area contributed by atoms with Gasteiger partial charge in [0.15, 0.2) is 11.7 Å². The number of carbonyl (C=O) groups excluding carboxylic acids is 2. The second-order valence-electron chi connectivity index (χ2n) is 6.90. The van der Waals surface area contributed by atoms with Crippen molar-refractivity contribution in [2.24, 2.45) is 11.8 Å². The van der Waals surface area contributed by atoms with Crippen molar-refractivity contribution in [1.29, 1.82) is 0 Å². The first-order valence-corrected chi connectivity index (χ1v) is 9.12. The third-order valence-corrected chi connectivity index (χ3v) is 5.53. The molecule has 2 heterocycles. The molecule has 1 aromatic heterocycles. The molecule has 2 aromatic rings. The van der Waals surface area contributed by atoms with Gasteiger partial charge in [0.1, 0.15) is 0 Å². The molecule has 1 N–H and O–H groups in total. The van der Waals surface area contributed by atoms with E-state index in [9.17, 15) is 14.4 Å². The second kappa shape index (κ2) is 6.53. The van der Waals surface area contributed by atoms with E-state index in [1.807, 2.05) is 0 Å². The van der Waals surface area contributed by atoms with Crippen LogP contribution in [0.25, 0.3) is 11.0 Å². The number of hydrogen-bond donors (Lipinski definition) is 1. The van der Waals surface area contributed by atoms with Gasteiger partial charge >= 0.3 is 5.97 Å². The van der Waals surface area contributed by atoms with Crippen molar-refractivity contribution in [3.05, 3.63) is 17.2 Å². The lowest BCUT2D eigenvalue weighted by molar-refractivity contribution is -0.144. The normalized spacial score (nSPS) is 23.6. The lowest BCUT2D eigenvalue weighted by atomic mass is 9.81. The Labute approximate surface area is 159 Å². The molecular formula is C18H17ClN2O6. The number of aromatic nitrogens is 1. The lowest BCUT2D eigenvalue weighted by Crippen LogP contribution is -2.31. The predicted molar refractivity (Wildman–Crippen MR) is 94.7 cm³/mol. The third-order valence-electron chi connectivity index (χ3n) is 5.22. The molecule has 2 aliphatic rings. The average Bonchev–Trinajstić information content (AvgIpc) is 3.13. The van der Waals surface area contributed by atoms with Crippen LogP contribution in [-0.4, -0.2) is 34.2 Å².